The van der Waals surface area contributed by atoms with E-state index in [0.29, 0.717) is 53.6 Å². The summed E-state index contributed by atoms with van der Waals surface area (Å²) in [6.45, 7) is 0.854. The Hall–Kier alpha value is -4.90. The van der Waals surface area contributed by atoms with Gasteiger partial charge in [-0.25, -0.2) is 0 Å². The first-order valence-electron chi connectivity index (χ1n) is 15.0. The number of fused-ring (bicyclic) bond motifs is 7. The van der Waals surface area contributed by atoms with Crippen LogP contribution in [0.2, 0.25) is 0 Å². The highest BCUT2D eigenvalue weighted by molar-refractivity contribution is 7.97. The van der Waals surface area contributed by atoms with Crippen molar-refractivity contribution in [2.45, 2.75) is 30.9 Å². The fourth-order valence-electron chi connectivity index (χ4n) is 5.60. The van der Waals surface area contributed by atoms with Gasteiger partial charge >= 0.3 is 0 Å². The van der Waals surface area contributed by atoms with Crippen molar-refractivity contribution in [1.29, 1.82) is 0 Å². The molecule has 7 rings (SSSR count). The third kappa shape index (κ3) is 7.15. The molecular formula is C35H35N3O7S. The quantitative estimate of drug-likeness (QED) is 0.323. The smallest absolute Gasteiger partial charge is 0.289 e. The highest BCUT2D eigenvalue weighted by atomic mass is 32.2. The van der Waals surface area contributed by atoms with Gasteiger partial charge in [-0.1, -0.05) is 24.3 Å². The molecule has 0 unspecified atom stereocenters. The standard InChI is InChI=1S/C35H35N3O7S/c1-42-30-12-8-24-17-28(30)23-4-3-5-26(16-23)43-20-33(39)36-18-22-6-9-25(10-7-22)44-31-14-15-38(19-29(31)37-34(24)40)35(41)32-13-11-27(45-32)21-46-2/h3-13,16-17,29,31H,14-15,18-21H2,1-2H3,(H,36,39)(H,37,40)/t29-,31-/m1/s1. The van der Waals surface area contributed by atoms with Crippen molar-refractivity contribution in [1.82, 2.24) is 15.5 Å². The van der Waals surface area contributed by atoms with E-state index < -0.39 is 12.1 Å². The lowest BCUT2D eigenvalue weighted by Gasteiger charge is -2.38. The van der Waals surface area contributed by atoms with Gasteiger partial charge in [-0.05, 0) is 72.0 Å². The van der Waals surface area contributed by atoms with E-state index in [2.05, 4.69) is 10.6 Å². The van der Waals surface area contributed by atoms with E-state index >= 15 is 0 Å². The summed E-state index contributed by atoms with van der Waals surface area (Å²) in [6.07, 6.45) is 2.06. The molecule has 3 aliphatic rings. The second kappa shape index (κ2) is 14.0. The van der Waals surface area contributed by atoms with Crippen LogP contribution in [-0.2, 0) is 17.1 Å². The fourth-order valence-corrected chi connectivity index (χ4v) is 6.04. The van der Waals surface area contributed by atoms with Gasteiger partial charge in [0.15, 0.2) is 12.4 Å². The fraction of sp³-hybridized carbons (Fsp3) is 0.286. The van der Waals surface area contributed by atoms with Gasteiger partial charge in [-0.15, -0.1) is 0 Å². The number of amides is 3. The number of likely N-dealkylation sites (tertiary alicyclic amines) is 1. The zero-order valence-corrected chi connectivity index (χ0v) is 26.4. The van der Waals surface area contributed by atoms with Crippen molar-refractivity contribution in [2.24, 2.45) is 0 Å². The second-order valence-corrected chi connectivity index (χ2v) is 12.0. The SMILES string of the molecule is COc1ccc2cc1-c1cccc(c1)OCC(=O)NCc1ccc(cc1)O[C@@H]1CCN(C(=O)c3ccc(CSC)o3)C[C@H]1NC2=O. The number of hydrogen-bond donors (Lipinski definition) is 2. The van der Waals surface area contributed by atoms with Gasteiger partial charge < -0.3 is 34.2 Å². The summed E-state index contributed by atoms with van der Waals surface area (Å²) in [7, 11) is 1.57. The molecule has 4 aromatic rings. The van der Waals surface area contributed by atoms with E-state index in [-0.39, 0.29) is 36.6 Å². The number of ether oxygens (including phenoxy) is 3. The summed E-state index contributed by atoms with van der Waals surface area (Å²) in [5, 5.41) is 6.03. The third-order valence-electron chi connectivity index (χ3n) is 7.99. The number of thioether (sulfide) groups is 1. The molecule has 0 aliphatic carbocycles. The molecule has 238 valence electrons. The van der Waals surface area contributed by atoms with Crippen LogP contribution in [0.25, 0.3) is 11.1 Å². The normalized spacial score (nSPS) is 18.3. The number of hydrogen-bond acceptors (Lipinski definition) is 8. The van der Waals surface area contributed by atoms with Crippen molar-refractivity contribution in [3.63, 3.8) is 0 Å². The molecule has 1 fully saturated rings. The van der Waals surface area contributed by atoms with Crippen molar-refractivity contribution >= 4 is 29.5 Å². The van der Waals surface area contributed by atoms with Crippen LogP contribution >= 0.6 is 11.8 Å². The Bertz CT molecular complexity index is 1720. The summed E-state index contributed by atoms with van der Waals surface area (Å²) in [5.41, 5.74) is 2.75. The summed E-state index contributed by atoms with van der Waals surface area (Å²) >= 11 is 1.62. The Morgan fingerprint density at radius 3 is 2.65 bits per heavy atom. The van der Waals surface area contributed by atoms with Crippen molar-refractivity contribution in [3.8, 4) is 28.4 Å². The van der Waals surface area contributed by atoms with E-state index in [1.165, 1.54) is 0 Å². The first-order chi connectivity index (χ1) is 22.4. The van der Waals surface area contributed by atoms with Gasteiger partial charge in [-0.2, -0.15) is 11.8 Å². The van der Waals surface area contributed by atoms with Crippen LogP contribution in [-0.4, -0.2) is 67.8 Å². The van der Waals surface area contributed by atoms with Crippen LogP contribution in [0.15, 0.2) is 83.3 Å². The molecule has 2 N–H and O–H groups in total. The number of piperidine rings is 1. The minimum atomic E-state index is -0.516. The molecule has 4 heterocycles. The highest BCUT2D eigenvalue weighted by Crippen LogP contribution is 2.33. The Labute approximate surface area is 271 Å². The molecule has 3 amide bonds. The number of rotatable bonds is 4. The minimum Gasteiger partial charge on any atom is -0.496 e. The van der Waals surface area contributed by atoms with Gasteiger partial charge in [-0.3, -0.25) is 14.4 Å². The van der Waals surface area contributed by atoms with Gasteiger partial charge in [0.05, 0.1) is 18.9 Å². The second-order valence-electron chi connectivity index (χ2n) is 11.1. The van der Waals surface area contributed by atoms with E-state index in [4.69, 9.17) is 18.6 Å². The van der Waals surface area contributed by atoms with E-state index in [0.717, 1.165) is 16.9 Å². The molecule has 0 saturated carbocycles. The van der Waals surface area contributed by atoms with Crippen molar-refractivity contribution in [3.05, 3.63) is 102 Å². The molecule has 6 bridgehead atoms. The van der Waals surface area contributed by atoms with Crippen LogP contribution < -0.4 is 24.8 Å². The molecule has 2 atom stereocenters. The van der Waals surface area contributed by atoms with Crippen molar-refractivity contribution in [2.75, 3.05) is 33.1 Å². The maximum atomic E-state index is 13.8. The molecule has 3 aromatic carbocycles. The largest absolute Gasteiger partial charge is 0.496 e. The van der Waals surface area contributed by atoms with Crippen LogP contribution in [0.3, 0.4) is 0 Å². The minimum absolute atomic E-state index is 0.147. The van der Waals surface area contributed by atoms with Gasteiger partial charge in [0.2, 0.25) is 0 Å². The van der Waals surface area contributed by atoms with Crippen molar-refractivity contribution < 1.29 is 33.0 Å². The van der Waals surface area contributed by atoms with Crippen LogP contribution in [0.5, 0.6) is 17.2 Å². The first kappa shape index (κ1) is 31.1. The Morgan fingerprint density at radius 2 is 1.85 bits per heavy atom. The van der Waals surface area contributed by atoms with Gasteiger partial charge in [0, 0.05) is 37.2 Å². The lowest BCUT2D eigenvalue weighted by molar-refractivity contribution is -0.123. The maximum Gasteiger partial charge on any atom is 0.289 e. The van der Waals surface area contributed by atoms with Gasteiger partial charge in [0.25, 0.3) is 17.7 Å². The van der Waals surface area contributed by atoms with E-state index in [9.17, 15) is 14.4 Å². The molecule has 1 saturated heterocycles. The molecule has 0 spiro atoms. The Morgan fingerprint density at radius 1 is 1.00 bits per heavy atom. The zero-order chi connectivity index (χ0) is 32.0. The molecular weight excluding hydrogens is 606 g/mol. The predicted molar refractivity (Wildman–Crippen MR) is 174 cm³/mol. The monoisotopic (exact) mass is 641 g/mol. The number of carbonyl (C=O) groups is 3. The molecule has 3 aliphatic heterocycles. The lowest BCUT2D eigenvalue weighted by Crippen LogP contribution is -2.58. The van der Waals surface area contributed by atoms with Crippen LogP contribution in [0, 0.1) is 0 Å². The molecule has 10 nitrogen and oxygen atoms in total. The summed E-state index contributed by atoms with van der Waals surface area (Å²) < 4.78 is 23.6. The number of nitrogens with zero attached hydrogens (tertiary/aromatic N) is 1. The zero-order valence-electron chi connectivity index (χ0n) is 25.6. The predicted octanol–water partition coefficient (Wildman–Crippen LogP) is 4.92. The summed E-state index contributed by atoms with van der Waals surface area (Å²) in [6, 6.07) is 22.9. The van der Waals surface area contributed by atoms with Crippen LogP contribution in [0.4, 0.5) is 0 Å². The highest BCUT2D eigenvalue weighted by Gasteiger charge is 2.35. The average molecular weight is 642 g/mol. The summed E-state index contributed by atoms with van der Waals surface area (Å²) in [5.74, 6) is 2.59. The number of carbonyl (C=O) groups excluding carboxylic acids is 3. The Balaban J connectivity index is 1.32. The van der Waals surface area contributed by atoms with E-state index in [1.807, 2.05) is 48.7 Å². The molecule has 11 heteroatoms. The molecule has 46 heavy (non-hydrogen) atoms. The molecule has 0 radical (unpaired) electrons. The van der Waals surface area contributed by atoms with Gasteiger partial charge in [0.1, 0.15) is 29.1 Å². The third-order valence-corrected chi connectivity index (χ3v) is 8.56. The topological polar surface area (TPSA) is 119 Å². The number of furan rings is 1. The number of benzene rings is 3. The average Bonchev–Trinajstić information content (AvgIpc) is 3.55. The first-order valence-corrected chi connectivity index (χ1v) is 16.4. The maximum absolute atomic E-state index is 13.8. The number of nitrogens with one attached hydrogen (secondary N) is 2. The number of methoxy groups -OCH3 is 1. The van der Waals surface area contributed by atoms with E-state index in [1.54, 1.807) is 60.2 Å². The van der Waals surface area contributed by atoms with Crippen LogP contribution in [0.1, 0.15) is 38.7 Å². The molecule has 1 aromatic heterocycles. The lowest BCUT2D eigenvalue weighted by atomic mass is 9.99. The summed E-state index contributed by atoms with van der Waals surface area (Å²) in [4.78, 5) is 41.5. The Kier molecular flexibility index (Phi) is 9.49.